The van der Waals surface area contributed by atoms with Gasteiger partial charge in [-0.15, -0.1) is 0 Å². The van der Waals surface area contributed by atoms with E-state index in [1.54, 1.807) is 0 Å². The predicted octanol–water partition coefficient (Wildman–Crippen LogP) is 3.15. The van der Waals surface area contributed by atoms with Crippen LogP contribution in [-0.2, 0) is 0 Å². The van der Waals surface area contributed by atoms with Crippen molar-refractivity contribution in [2.75, 3.05) is 18.4 Å². The highest BCUT2D eigenvalue weighted by atomic mass is 79.9. The molecule has 0 aliphatic rings. The van der Waals surface area contributed by atoms with E-state index >= 15 is 0 Å². The lowest BCUT2D eigenvalue weighted by atomic mass is 9.94. The number of aryl methyl sites for hydroxylation is 1. The van der Waals surface area contributed by atoms with Crippen molar-refractivity contribution in [2.45, 2.75) is 20.8 Å². The molecular weight excluding hydrogens is 252 g/mol. The summed E-state index contributed by atoms with van der Waals surface area (Å²) in [4.78, 5) is 0. The second-order valence-electron chi connectivity index (χ2n) is 4.71. The smallest absolute Gasteiger partial charge is 0.0485 e. The van der Waals surface area contributed by atoms with Crippen molar-refractivity contribution in [3.63, 3.8) is 0 Å². The van der Waals surface area contributed by atoms with Gasteiger partial charge in [-0.2, -0.15) is 0 Å². The van der Waals surface area contributed by atoms with Crippen LogP contribution in [0.4, 0.5) is 5.69 Å². The fourth-order valence-electron chi connectivity index (χ4n) is 1.17. The minimum Gasteiger partial charge on any atom is -0.384 e. The number of hydrogen-bond acceptors (Lipinski definition) is 2. The molecular formula is C12H19BrN2. The van der Waals surface area contributed by atoms with E-state index in [2.05, 4.69) is 60.2 Å². The molecule has 2 nitrogen and oxygen atoms in total. The molecule has 1 rings (SSSR count). The van der Waals surface area contributed by atoms with Crippen LogP contribution in [0.25, 0.3) is 0 Å². The van der Waals surface area contributed by atoms with Crippen LogP contribution in [0, 0.1) is 12.3 Å². The van der Waals surface area contributed by atoms with E-state index in [-0.39, 0.29) is 5.41 Å². The van der Waals surface area contributed by atoms with Crippen LogP contribution in [0.15, 0.2) is 22.7 Å². The molecule has 0 aliphatic heterocycles. The average molecular weight is 271 g/mol. The Morgan fingerprint density at radius 2 is 2.07 bits per heavy atom. The van der Waals surface area contributed by atoms with E-state index in [1.165, 1.54) is 5.56 Å². The van der Waals surface area contributed by atoms with E-state index < -0.39 is 0 Å². The molecule has 0 atom stereocenters. The highest BCUT2D eigenvalue weighted by molar-refractivity contribution is 9.10. The number of benzene rings is 1. The number of rotatable bonds is 4. The van der Waals surface area contributed by atoms with E-state index in [9.17, 15) is 0 Å². The first-order valence-electron chi connectivity index (χ1n) is 5.15. The van der Waals surface area contributed by atoms with Gasteiger partial charge in [0.2, 0.25) is 0 Å². The predicted molar refractivity (Wildman–Crippen MR) is 70.2 cm³/mol. The Hall–Kier alpha value is -0.540. The normalized spacial score (nSPS) is 11.5. The molecule has 15 heavy (non-hydrogen) atoms. The van der Waals surface area contributed by atoms with Gasteiger partial charge in [0.1, 0.15) is 0 Å². The van der Waals surface area contributed by atoms with Crippen molar-refractivity contribution in [2.24, 2.45) is 11.1 Å². The van der Waals surface area contributed by atoms with Gasteiger partial charge in [0.05, 0.1) is 0 Å². The summed E-state index contributed by atoms with van der Waals surface area (Å²) in [6.45, 7) is 7.96. The molecule has 0 aromatic heterocycles. The molecule has 0 radical (unpaired) electrons. The lowest BCUT2D eigenvalue weighted by Crippen LogP contribution is -2.31. The van der Waals surface area contributed by atoms with Crippen LogP contribution in [0.1, 0.15) is 19.4 Å². The number of halogens is 1. The van der Waals surface area contributed by atoms with Crippen molar-refractivity contribution in [3.05, 3.63) is 28.2 Å². The maximum atomic E-state index is 5.68. The molecule has 0 saturated carbocycles. The summed E-state index contributed by atoms with van der Waals surface area (Å²) in [7, 11) is 0. The van der Waals surface area contributed by atoms with Crippen molar-refractivity contribution in [1.82, 2.24) is 0 Å². The standard InChI is InChI=1S/C12H19BrN2/c1-9-4-5-11(10(13)6-9)15-8-12(2,3)7-14/h4-6,15H,7-8,14H2,1-3H3. The number of anilines is 1. The third kappa shape index (κ3) is 3.84. The number of nitrogens with two attached hydrogens (primary N) is 1. The summed E-state index contributed by atoms with van der Waals surface area (Å²) >= 11 is 3.54. The molecule has 0 spiro atoms. The first-order valence-corrected chi connectivity index (χ1v) is 5.94. The number of nitrogens with one attached hydrogen (secondary N) is 1. The molecule has 1 aromatic rings. The van der Waals surface area contributed by atoms with Crippen LogP contribution in [0.3, 0.4) is 0 Å². The second-order valence-corrected chi connectivity index (χ2v) is 5.56. The van der Waals surface area contributed by atoms with Gasteiger partial charge < -0.3 is 11.1 Å². The third-order valence-electron chi connectivity index (χ3n) is 2.43. The lowest BCUT2D eigenvalue weighted by molar-refractivity contribution is 0.405. The minimum atomic E-state index is 0.129. The average Bonchev–Trinajstić information content (AvgIpc) is 2.16. The molecule has 0 fully saturated rings. The van der Waals surface area contributed by atoms with E-state index in [4.69, 9.17) is 5.73 Å². The molecule has 0 heterocycles. The van der Waals surface area contributed by atoms with Gasteiger partial charge in [-0.1, -0.05) is 19.9 Å². The van der Waals surface area contributed by atoms with Gasteiger partial charge in [0, 0.05) is 16.7 Å². The van der Waals surface area contributed by atoms with E-state index in [0.717, 1.165) is 16.7 Å². The van der Waals surface area contributed by atoms with Gasteiger partial charge >= 0.3 is 0 Å². The molecule has 0 unspecified atom stereocenters. The fourth-order valence-corrected chi connectivity index (χ4v) is 1.80. The summed E-state index contributed by atoms with van der Waals surface area (Å²) < 4.78 is 1.11. The Kier molecular flexibility index (Phi) is 4.17. The highest BCUT2D eigenvalue weighted by Gasteiger charge is 2.15. The van der Waals surface area contributed by atoms with Crippen molar-refractivity contribution < 1.29 is 0 Å². The zero-order valence-electron chi connectivity index (χ0n) is 9.60. The SMILES string of the molecule is Cc1ccc(NCC(C)(C)CN)c(Br)c1. The van der Waals surface area contributed by atoms with E-state index in [1.807, 2.05) is 0 Å². The van der Waals surface area contributed by atoms with Crippen molar-refractivity contribution >= 4 is 21.6 Å². The quantitative estimate of drug-likeness (QED) is 0.882. The third-order valence-corrected chi connectivity index (χ3v) is 3.09. The fraction of sp³-hybridized carbons (Fsp3) is 0.500. The molecule has 3 heteroatoms. The minimum absolute atomic E-state index is 0.129. The zero-order chi connectivity index (χ0) is 11.5. The largest absolute Gasteiger partial charge is 0.384 e. The first kappa shape index (κ1) is 12.5. The number of hydrogen-bond donors (Lipinski definition) is 2. The van der Waals surface area contributed by atoms with Crippen molar-refractivity contribution in [1.29, 1.82) is 0 Å². The Bertz CT molecular complexity index is 334. The molecule has 0 aliphatic carbocycles. The molecule has 1 aromatic carbocycles. The van der Waals surface area contributed by atoms with Crippen LogP contribution in [-0.4, -0.2) is 13.1 Å². The van der Waals surface area contributed by atoms with Gasteiger partial charge in [-0.25, -0.2) is 0 Å². The van der Waals surface area contributed by atoms with Gasteiger partial charge in [-0.05, 0) is 52.5 Å². The summed E-state index contributed by atoms with van der Waals surface area (Å²) in [6.07, 6.45) is 0. The summed E-state index contributed by atoms with van der Waals surface area (Å²) in [6, 6.07) is 6.30. The molecule has 0 saturated heterocycles. The van der Waals surface area contributed by atoms with Crippen LogP contribution < -0.4 is 11.1 Å². The van der Waals surface area contributed by atoms with Crippen LogP contribution in [0.2, 0.25) is 0 Å². The molecule has 3 N–H and O–H groups in total. The van der Waals surface area contributed by atoms with Gasteiger partial charge in [-0.3, -0.25) is 0 Å². The van der Waals surface area contributed by atoms with Crippen LogP contribution >= 0.6 is 15.9 Å². The van der Waals surface area contributed by atoms with E-state index in [0.29, 0.717) is 6.54 Å². The van der Waals surface area contributed by atoms with Gasteiger partial charge in [0.25, 0.3) is 0 Å². The maximum absolute atomic E-state index is 5.68. The topological polar surface area (TPSA) is 38.0 Å². The summed E-state index contributed by atoms with van der Waals surface area (Å²) in [5.41, 5.74) is 8.19. The Morgan fingerprint density at radius 3 is 2.60 bits per heavy atom. The summed E-state index contributed by atoms with van der Waals surface area (Å²) in [5, 5.41) is 3.40. The Morgan fingerprint density at radius 1 is 1.40 bits per heavy atom. The van der Waals surface area contributed by atoms with Gasteiger partial charge in [0.15, 0.2) is 0 Å². The molecule has 84 valence electrons. The monoisotopic (exact) mass is 270 g/mol. The zero-order valence-corrected chi connectivity index (χ0v) is 11.2. The summed E-state index contributed by atoms with van der Waals surface area (Å²) in [5.74, 6) is 0. The lowest BCUT2D eigenvalue weighted by Gasteiger charge is -2.23. The maximum Gasteiger partial charge on any atom is 0.0485 e. The molecule has 0 amide bonds. The Balaban J connectivity index is 2.66. The highest BCUT2D eigenvalue weighted by Crippen LogP contribution is 2.24. The molecule has 0 bridgehead atoms. The van der Waals surface area contributed by atoms with Crippen LogP contribution in [0.5, 0.6) is 0 Å². The second kappa shape index (κ2) is 4.99. The first-order chi connectivity index (χ1) is 6.94. The Labute approximate surface area is 100 Å². The van der Waals surface area contributed by atoms with Crippen molar-refractivity contribution in [3.8, 4) is 0 Å².